The molecule has 0 bridgehead atoms. The van der Waals surface area contributed by atoms with Crippen LogP contribution in [0.1, 0.15) is 30.9 Å². The average Bonchev–Trinajstić information content (AvgIpc) is 3.25. The maximum Gasteiger partial charge on any atom is 0.224 e. The Kier molecular flexibility index (Phi) is 5.64. The zero-order valence-corrected chi connectivity index (χ0v) is 15.4. The minimum Gasteiger partial charge on any atom is -0.496 e. The van der Waals surface area contributed by atoms with Crippen LogP contribution >= 0.6 is 0 Å². The van der Waals surface area contributed by atoms with Crippen LogP contribution in [-0.2, 0) is 14.6 Å². The number of nitrogens with zero attached hydrogens (tertiary/aromatic N) is 1. The van der Waals surface area contributed by atoms with Crippen molar-refractivity contribution in [3.05, 3.63) is 29.8 Å². The molecule has 0 aromatic heterocycles. The summed E-state index contributed by atoms with van der Waals surface area (Å²) in [5.74, 6) is 0.342. The Morgan fingerprint density at radius 2 is 2.04 bits per heavy atom. The van der Waals surface area contributed by atoms with Crippen molar-refractivity contribution in [2.45, 2.75) is 25.3 Å². The summed E-state index contributed by atoms with van der Waals surface area (Å²) in [5, 5.41) is 2.99. The van der Waals surface area contributed by atoms with Gasteiger partial charge in [0.2, 0.25) is 5.91 Å². The van der Waals surface area contributed by atoms with Gasteiger partial charge >= 0.3 is 0 Å². The zero-order valence-electron chi connectivity index (χ0n) is 14.6. The Labute approximate surface area is 149 Å². The number of benzene rings is 1. The highest BCUT2D eigenvalue weighted by Crippen LogP contribution is 2.31. The van der Waals surface area contributed by atoms with E-state index in [0.29, 0.717) is 13.0 Å². The third kappa shape index (κ3) is 4.33. The minimum absolute atomic E-state index is 0.0259. The Bertz CT molecular complexity index is 714. The molecule has 7 heteroatoms. The lowest BCUT2D eigenvalue weighted by atomic mass is 10.0. The van der Waals surface area contributed by atoms with Gasteiger partial charge in [0.1, 0.15) is 5.75 Å². The fourth-order valence-corrected chi connectivity index (χ4v) is 5.52. The second kappa shape index (κ2) is 7.74. The van der Waals surface area contributed by atoms with E-state index in [1.807, 2.05) is 24.3 Å². The second-order valence-electron chi connectivity index (χ2n) is 6.85. The van der Waals surface area contributed by atoms with Crippen LogP contribution in [0, 0.1) is 5.92 Å². The highest BCUT2D eigenvalue weighted by Gasteiger charge is 2.34. The zero-order chi connectivity index (χ0) is 17.9. The fourth-order valence-electron chi connectivity index (χ4n) is 3.77. The van der Waals surface area contributed by atoms with Crippen LogP contribution in [-0.4, -0.2) is 57.5 Å². The first-order chi connectivity index (χ1) is 12.0. The summed E-state index contributed by atoms with van der Waals surface area (Å²) >= 11 is 0. The van der Waals surface area contributed by atoms with E-state index in [0.717, 1.165) is 37.2 Å². The lowest BCUT2D eigenvalue weighted by molar-refractivity contribution is -0.124. The molecule has 2 aliphatic heterocycles. The average molecular weight is 366 g/mol. The molecule has 2 fully saturated rings. The van der Waals surface area contributed by atoms with Crippen molar-refractivity contribution in [1.29, 1.82) is 0 Å². The Morgan fingerprint density at radius 3 is 2.68 bits per heavy atom. The third-order valence-electron chi connectivity index (χ3n) is 5.15. The van der Waals surface area contributed by atoms with Crippen LogP contribution in [0.15, 0.2) is 24.3 Å². The number of carbonyl (C=O) groups excluding carboxylic acids is 1. The molecule has 2 atom stereocenters. The number of hydrogen-bond acceptors (Lipinski definition) is 5. The lowest BCUT2D eigenvalue weighted by Crippen LogP contribution is -2.39. The molecule has 3 rings (SSSR count). The minimum atomic E-state index is -3.05. The van der Waals surface area contributed by atoms with E-state index in [1.165, 1.54) is 0 Å². The maximum atomic E-state index is 12.4. The summed E-state index contributed by atoms with van der Waals surface area (Å²) in [6.45, 7) is 2.46. The largest absolute Gasteiger partial charge is 0.496 e. The molecule has 1 amide bonds. The molecule has 0 spiro atoms. The molecule has 2 aliphatic rings. The molecule has 0 aliphatic carbocycles. The number of likely N-dealkylation sites (tertiary alicyclic amines) is 1. The van der Waals surface area contributed by atoms with Gasteiger partial charge in [-0.15, -0.1) is 0 Å². The number of hydrogen-bond donors (Lipinski definition) is 1. The van der Waals surface area contributed by atoms with Crippen LogP contribution in [0.3, 0.4) is 0 Å². The van der Waals surface area contributed by atoms with E-state index in [2.05, 4.69) is 10.2 Å². The summed E-state index contributed by atoms with van der Waals surface area (Å²) < 4.78 is 28.7. The van der Waals surface area contributed by atoms with Gasteiger partial charge in [-0.2, -0.15) is 0 Å². The van der Waals surface area contributed by atoms with E-state index in [-0.39, 0.29) is 23.5 Å². The normalized spacial score (nSPS) is 24.1. The summed E-state index contributed by atoms with van der Waals surface area (Å²) in [7, 11) is -1.39. The molecule has 2 heterocycles. The quantitative estimate of drug-likeness (QED) is 0.823. The topological polar surface area (TPSA) is 75.7 Å². The molecule has 25 heavy (non-hydrogen) atoms. The van der Waals surface area contributed by atoms with Gasteiger partial charge in [0.05, 0.1) is 30.6 Å². The smallest absolute Gasteiger partial charge is 0.224 e. The van der Waals surface area contributed by atoms with E-state index >= 15 is 0 Å². The van der Waals surface area contributed by atoms with Crippen molar-refractivity contribution < 1.29 is 17.9 Å². The van der Waals surface area contributed by atoms with Crippen molar-refractivity contribution in [1.82, 2.24) is 10.2 Å². The molecule has 138 valence electrons. The monoisotopic (exact) mass is 366 g/mol. The number of amides is 1. The summed E-state index contributed by atoms with van der Waals surface area (Å²) in [4.78, 5) is 14.8. The van der Waals surface area contributed by atoms with Gasteiger partial charge in [-0.05, 0) is 38.4 Å². The van der Waals surface area contributed by atoms with Gasteiger partial charge in [0.25, 0.3) is 0 Å². The molecule has 1 N–H and O–H groups in total. The first-order valence-corrected chi connectivity index (χ1v) is 10.7. The molecule has 6 nitrogen and oxygen atoms in total. The van der Waals surface area contributed by atoms with Crippen molar-refractivity contribution in [2.75, 3.05) is 38.2 Å². The number of nitrogens with one attached hydrogen (secondary N) is 1. The standard InChI is InChI=1S/C18H26N2O4S/c1-24-17-7-3-2-6-15(17)16(20-9-4-5-10-20)12-19-18(21)14-8-11-25(22,23)13-14/h2-3,6-7,14,16H,4-5,8-13H2,1H3,(H,19,21). The first-order valence-electron chi connectivity index (χ1n) is 8.85. The molecule has 2 unspecified atom stereocenters. The van der Waals surface area contributed by atoms with Crippen molar-refractivity contribution in [3.8, 4) is 5.75 Å². The highest BCUT2D eigenvalue weighted by molar-refractivity contribution is 7.91. The molecular formula is C18H26N2O4S. The highest BCUT2D eigenvalue weighted by atomic mass is 32.2. The molecule has 0 radical (unpaired) electrons. The number of carbonyl (C=O) groups is 1. The van der Waals surface area contributed by atoms with Crippen LogP contribution in [0.5, 0.6) is 5.75 Å². The van der Waals surface area contributed by atoms with Crippen LogP contribution in [0.25, 0.3) is 0 Å². The van der Waals surface area contributed by atoms with E-state index in [1.54, 1.807) is 7.11 Å². The van der Waals surface area contributed by atoms with Gasteiger partial charge in [-0.25, -0.2) is 8.42 Å². The van der Waals surface area contributed by atoms with Crippen molar-refractivity contribution in [3.63, 3.8) is 0 Å². The van der Waals surface area contributed by atoms with Gasteiger partial charge in [0.15, 0.2) is 9.84 Å². The van der Waals surface area contributed by atoms with E-state index in [9.17, 15) is 13.2 Å². The van der Waals surface area contributed by atoms with Gasteiger partial charge < -0.3 is 10.1 Å². The Hall–Kier alpha value is -1.60. The number of sulfone groups is 1. The molecule has 1 aromatic rings. The van der Waals surface area contributed by atoms with Crippen LogP contribution in [0.4, 0.5) is 0 Å². The van der Waals surface area contributed by atoms with E-state index < -0.39 is 15.8 Å². The Balaban J connectivity index is 1.71. The second-order valence-corrected chi connectivity index (χ2v) is 9.07. The van der Waals surface area contributed by atoms with Gasteiger partial charge in [-0.3, -0.25) is 9.69 Å². The number of ether oxygens (including phenoxy) is 1. The number of methoxy groups -OCH3 is 1. The van der Waals surface area contributed by atoms with Gasteiger partial charge in [0, 0.05) is 12.1 Å². The SMILES string of the molecule is COc1ccccc1C(CNC(=O)C1CCS(=O)(=O)C1)N1CCCC1. The summed E-state index contributed by atoms with van der Waals surface area (Å²) in [5.41, 5.74) is 1.06. The van der Waals surface area contributed by atoms with Crippen molar-refractivity contribution >= 4 is 15.7 Å². The van der Waals surface area contributed by atoms with Crippen LogP contribution in [0.2, 0.25) is 0 Å². The molecule has 1 aromatic carbocycles. The van der Waals surface area contributed by atoms with Gasteiger partial charge in [-0.1, -0.05) is 18.2 Å². The van der Waals surface area contributed by atoms with Crippen LogP contribution < -0.4 is 10.1 Å². The predicted octanol–water partition coefficient (Wildman–Crippen LogP) is 1.38. The predicted molar refractivity (Wildman–Crippen MR) is 96.3 cm³/mol. The van der Waals surface area contributed by atoms with Crippen molar-refractivity contribution in [2.24, 2.45) is 5.92 Å². The maximum absolute atomic E-state index is 12.4. The number of para-hydroxylation sites is 1. The molecule has 2 saturated heterocycles. The molecular weight excluding hydrogens is 340 g/mol. The fraction of sp³-hybridized carbons (Fsp3) is 0.611. The Morgan fingerprint density at radius 1 is 1.32 bits per heavy atom. The third-order valence-corrected chi connectivity index (χ3v) is 6.92. The lowest BCUT2D eigenvalue weighted by Gasteiger charge is -2.29. The molecule has 0 saturated carbocycles. The van der Waals surface area contributed by atoms with E-state index in [4.69, 9.17) is 4.74 Å². The first kappa shape index (κ1) is 18.2. The summed E-state index contributed by atoms with van der Waals surface area (Å²) in [6.07, 6.45) is 2.73. The number of rotatable bonds is 6. The summed E-state index contributed by atoms with van der Waals surface area (Å²) in [6, 6.07) is 7.93.